The highest BCUT2D eigenvalue weighted by atomic mass is 16.6. The van der Waals surface area contributed by atoms with E-state index in [1.807, 2.05) is 194 Å². The van der Waals surface area contributed by atoms with Crippen LogP contribution in [0.3, 0.4) is 0 Å². The molecule has 8 N–H and O–H groups in total. The largest absolute Gasteiger partial charge is 0.460 e. The van der Waals surface area contributed by atoms with Crippen LogP contribution < -0.4 is 22.9 Å². The standard InChI is InChI=1S/3C9H19NO2.2C8H16O2.C7H15NO2/c3*1-6(2)7(10)8(11)12-9(3,4)5;2*1-6(2)7(9)10-8(3,4)5;1-5(8)6(9)10-7(2,3)4/h3*6-7H,10H2,1-5H3;2*6H,1-5H3;5H,8H2,1-4H3/t2*7-;;;;5-/m10...1/s1. The summed E-state index contributed by atoms with van der Waals surface area (Å²) in [5, 5.41) is 0. The minimum Gasteiger partial charge on any atom is -0.460 e. The molecule has 0 aliphatic rings. The average Bonchev–Trinajstić information content (AvgIpc) is 3.03. The molecule has 16 nitrogen and oxygen atoms in total. The van der Waals surface area contributed by atoms with E-state index in [9.17, 15) is 28.8 Å². The van der Waals surface area contributed by atoms with Crippen LogP contribution >= 0.6 is 0 Å². The first kappa shape index (κ1) is 74.2. The first-order valence-electron chi connectivity index (χ1n) is 23.1. The summed E-state index contributed by atoms with van der Waals surface area (Å²) >= 11 is 0. The second-order valence-corrected chi connectivity index (χ2v) is 23.6. The molecule has 0 saturated heterocycles. The van der Waals surface area contributed by atoms with Gasteiger partial charge in [0.25, 0.3) is 0 Å². The van der Waals surface area contributed by atoms with Gasteiger partial charge in [-0.25, -0.2) is 0 Å². The third kappa shape index (κ3) is 55.0. The fourth-order valence-electron chi connectivity index (χ4n) is 3.16. The monoisotopic (exact) mass is 953 g/mol. The molecule has 16 heteroatoms. The van der Waals surface area contributed by atoms with Crippen LogP contribution in [0.25, 0.3) is 0 Å². The van der Waals surface area contributed by atoms with Gasteiger partial charge >= 0.3 is 35.8 Å². The van der Waals surface area contributed by atoms with Crippen LogP contribution in [0.4, 0.5) is 0 Å². The summed E-state index contributed by atoms with van der Waals surface area (Å²) in [5.74, 6) is -1.27. The lowest BCUT2D eigenvalue weighted by atomic mass is 10.1. The molecule has 4 atom stereocenters. The summed E-state index contributed by atoms with van der Waals surface area (Å²) in [6, 6.07) is -2.06. The fraction of sp³-hybridized carbons (Fsp3) is 0.880. The van der Waals surface area contributed by atoms with Gasteiger partial charge in [0.05, 0.1) is 11.8 Å². The maximum absolute atomic E-state index is 11.3. The Kier molecular flexibility index (Phi) is 36.4. The van der Waals surface area contributed by atoms with E-state index >= 15 is 0 Å². The number of nitrogens with two attached hydrogens (primary N) is 4. The SMILES string of the molecule is CC(C)C(=O)OC(C)(C)C.CC(C)C(=O)OC(C)(C)C.CC(C)C(N)C(=O)OC(C)(C)C.CC(C)[C@@H](N)C(=O)OC(C)(C)C.CC(C)[C@H](N)C(=O)OC(C)(C)C.C[C@@H](N)C(=O)OC(C)(C)C. The quantitative estimate of drug-likeness (QED) is 0.125. The number of carbonyl (C=O) groups is 6. The Hall–Kier alpha value is -3.34. The zero-order valence-corrected chi connectivity index (χ0v) is 47.4. The lowest BCUT2D eigenvalue weighted by molar-refractivity contribution is -0.159. The third-order valence-corrected chi connectivity index (χ3v) is 6.73. The predicted octanol–water partition coefficient (Wildman–Crippen LogP) is 8.58. The molecular formula is C50H104N4O12. The molecule has 396 valence electrons. The van der Waals surface area contributed by atoms with E-state index in [1.54, 1.807) is 6.92 Å². The van der Waals surface area contributed by atoms with E-state index in [-0.39, 0.29) is 76.6 Å². The third-order valence-electron chi connectivity index (χ3n) is 6.73. The van der Waals surface area contributed by atoms with Gasteiger partial charge in [-0.1, -0.05) is 69.2 Å². The maximum Gasteiger partial charge on any atom is 0.323 e. The summed E-state index contributed by atoms with van der Waals surface area (Å²) in [4.78, 5) is 66.4. The van der Waals surface area contributed by atoms with Crippen molar-refractivity contribution in [2.45, 2.75) is 259 Å². The van der Waals surface area contributed by atoms with Crippen LogP contribution in [-0.2, 0) is 57.2 Å². The molecule has 0 heterocycles. The molecule has 0 spiro atoms. The number of rotatable bonds is 9. The Bertz CT molecular complexity index is 1220. The Morgan fingerprint density at radius 2 is 0.409 bits per heavy atom. The second kappa shape index (κ2) is 32.4. The summed E-state index contributed by atoms with van der Waals surface area (Å²) in [5.41, 5.74) is 19.6. The van der Waals surface area contributed by atoms with Gasteiger partial charge in [0, 0.05) is 0 Å². The summed E-state index contributed by atoms with van der Waals surface area (Å²) in [7, 11) is 0. The normalized spacial score (nSPS) is 13.7. The Balaban J connectivity index is -0.000000164. The highest BCUT2D eigenvalue weighted by Crippen LogP contribution is 2.14. The highest BCUT2D eigenvalue weighted by molar-refractivity contribution is 5.77. The van der Waals surface area contributed by atoms with Gasteiger partial charge in [-0.2, -0.15) is 0 Å². The maximum atomic E-state index is 11.3. The smallest absolute Gasteiger partial charge is 0.323 e. The molecular weight excluding hydrogens is 849 g/mol. The van der Waals surface area contributed by atoms with Crippen LogP contribution in [0.15, 0.2) is 0 Å². The Labute approximate surface area is 403 Å². The molecule has 0 fully saturated rings. The van der Waals surface area contributed by atoms with Crippen LogP contribution in [0.1, 0.15) is 201 Å². The number of ether oxygens (including phenoxy) is 6. The molecule has 0 aromatic heterocycles. The van der Waals surface area contributed by atoms with Crippen molar-refractivity contribution in [3.05, 3.63) is 0 Å². The summed E-state index contributed by atoms with van der Waals surface area (Å²) in [6.45, 7) is 53.4. The van der Waals surface area contributed by atoms with E-state index in [2.05, 4.69) is 0 Å². The van der Waals surface area contributed by atoms with Gasteiger partial charge in [-0.3, -0.25) is 28.8 Å². The molecule has 0 saturated carbocycles. The van der Waals surface area contributed by atoms with Gasteiger partial charge in [-0.05, 0) is 149 Å². The topological polar surface area (TPSA) is 262 Å². The average molecular weight is 953 g/mol. The van der Waals surface area contributed by atoms with Gasteiger partial charge in [-0.15, -0.1) is 0 Å². The number of esters is 6. The first-order chi connectivity index (χ1) is 28.7. The van der Waals surface area contributed by atoms with Crippen LogP contribution in [0.5, 0.6) is 0 Å². The van der Waals surface area contributed by atoms with Crippen molar-refractivity contribution in [3.8, 4) is 0 Å². The highest BCUT2D eigenvalue weighted by Gasteiger charge is 2.26. The predicted molar refractivity (Wildman–Crippen MR) is 267 cm³/mol. The molecule has 0 aromatic rings. The second-order valence-electron chi connectivity index (χ2n) is 23.6. The van der Waals surface area contributed by atoms with E-state index in [0.717, 1.165) is 0 Å². The molecule has 0 amide bonds. The molecule has 0 bridgehead atoms. The molecule has 0 radical (unpaired) electrons. The Morgan fingerprint density at radius 1 is 0.273 bits per heavy atom. The summed E-state index contributed by atoms with van der Waals surface area (Å²) in [6.07, 6.45) is 0. The van der Waals surface area contributed by atoms with Gasteiger partial charge < -0.3 is 51.4 Å². The first-order valence-corrected chi connectivity index (χ1v) is 23.1. The molecule has 66 heavy (non-hydrogen) atoms. The van der Waals surface area contributed by atoms with Gasteiger partial charge in [0.15, 0.2) is 0 Å². The minimum absolute atomic E-state index is 0.0285. The molecule has 0 aliphatic carbocycles. The lowest BCUT2D eigenvalue weighted by Gasteiger charge is -2.23. The molecule has 0 aromatic carbocycles. The van der Waals surface area contributed by atoms with E-state index in [0.29, 0.717) is 0 Å². The zero-order chi connectivity index (χ0) is 54.9. The van der Waals surface area contributed by atoms with Crippen molar-refractivity contribution in [2.24, 2.45) is 52.5 Å². The van der Waals surface area contributed by atoms with Crippen molar-refractivity contribution in [2.75, 3.05) is 0 Å². The van der Waals surface area contributed by atoms with E-state index in [1.165, 1.54) is 0 Å². The van der Waals surface area contributed by atoms with Crippen molar-refractivity contribution in [1.82, 2.24) is 0 Å². The van der Waals surface area contributed by atoms with Crippen LogP contribution in [-0.4, -0.2) is 93.6 Å². The number of hydrogen-bond donors (Lipinski definition) is 4. The molecule has 1 unspecified atom stereocenters. The zero-order valence-electron chi connectivity index (χ0n) is 47.4. The number of hydrogen-bond acceptors (Lipinski definition) is 16. The number of carbonyl (C=O) groups excluding carboxylic acids is 6. The minimum atomic E-state index is -0.528. The van der Waals surface area contributed by atoms with E-state index < -0.39 is 46.6 Å². The lowest BCUT2D eigenvalue weighted by Crippen LogP contribution is -2.40. The van der Waals surface area contributed by atoms with Gasteiger partial charge in [0.1, 0.15) is 57.8 Å². The van der Waals surface area contributed by atoms with Gasteiger partial charge in [0.2, 0.25) is 0 Å². The van der Waals surface area contributed by atoms with Crippen molar-refractivity contribution in [1.29, 1.82) is 0 Å². The molecule has 0 rings (SSSR count). The fourth-order valence-corrected chi connectivity index (χ4v) is 3.16. The van der Waals surface area contributed by atoms with Crippen LogP contribution in [0.2, 0.25) is 0 Å². The van der Waals surface area contributed by atoms with Crippen molar-refractivity contribution < 1.29 is 57.2 Å². The molecule has 0 aliphatic heterocycles. The van der Waals surface area contributed by atoms with Crippen molar-refractivity contribution >= 4 is 35.8 Å². The van der Waals surface area contributed by atoms with Crippen LogP contribution in [0, 0.1) is 29.6 Å². The van der Waals surface area contributed by atoms with E-state index in [4.69, 9.17) is 51.4 Å². The van der Waals surface area contributed by atoms with Crippen molar-refractivity contribution in [3.63, 3.8) is 0 Å². The summed E-state index contributed by atoms with van der Waals surface area (Å²) < 4.78 is 30.3. The Morgan fingerprint density at radius 3 is 0.485 bits per heavy atom.